The largest absolute Gasteiger partial charge is 0.309 e. The summed E-state index contributed by atoms with van der Waals surface area (Å²) >= 11 is 1.69. The Morgan fingerprint density at radius 3 is 2.30 bits per heavy atom. The van der Waals surface area contributed by atoms with Gasteiger partial charge in [0, 0.05) is 30.4 Å². The van der Waals surface area contributed by atoms with Crippen molar-refractivity contribution in [1.29, 1.82) is 0 Å². The van der Waals surface area contributed by atoms with Gasteiger partial charge < -0.3 is 4.90 Å². The Balaban J connectivity index is 0.00000261. The topological polar surface area (TPSA) is 40.6 Å². The Morgan fingerprint density at radius 2 is 1.63 bits per heavy atom. The van der Waals surface area contributed by atoms with Crippen molar-refractivity contribution in [3.05, 3.63) is 59.7 Å². The van der Waals surface area contributed by atoms with Gasteiger partial charge in [0.2, 0.25) is 10.0 Å². The maximum absolute atomic E-state index is 12.6. The van der Waals surface area contributed by atoms with Crippen LogP contribution in [-0.2, 0) is 10.0 Å². The minimum absolute atomic E-state index is 0. The number of rotatable bonds is 5. The number of hydrogen-bond donors (Lipinski definition) is 0. The Labute approximate surface area is 172 Å². The lowest BCUT2D eigenvalue weighted by molar-refractivity contribution is 0.417. The molecule has 146 valence electrons. The number of hydrogen-bond acceptors (Lipinski definition) is 4. The van der Waals surface area contributed by atoms with Crippen LogP contribution in [0.25, 0.3) is 5.57 Å². The summed E-state index contributed by atoms with van der Waals surface area (Å²) in [5.41, 5.74) is 3.28. The van der Waals surface area contributed by atoms with Crippen LogP contribution < -0.4 is 0 Å². The smallest absolute Gasteiger partial charge is 0.242 e. The Kier molecular flexibility index (Phi) is 7.16. The lowest BCUT2D eigenvalue weighted by Gasteiger charge is -2.23. The lowest BCUT2D eigenvalue weighted by Crippen LogP contribution is -2.22. The van der Waals surface area contributed by atoms with E-state index in [1.807, 2.05) is 24.3 Å². The van der Waals surface area contributed by atoms with E-state index in [1.165, 1.54) is 14.8 Å². The molecule has 0 amide bonds. The minimum Gasteiger partial charge on any atom is -0.309 e. The second-order valence-electron chi connectivity index (χ2n) is 6.75. The molecule has 3 rings (SSSR count). The minimum atomic E-state index is -3.46. The predicted molar refractivity (Wildman–Crippen MR) is 115 cm³/mol. The summed E-state index contributed by atoms with van der Waals surface area (Å²) in [6.07, 6.45) is 3.13. The van der Waals surface area contributed by atoms with Crippen molar-refractivity contribution in [3.63, 3.8) is 0 Å². The van der Waals surface area contributed by atoms with Crippen LogP contribution in [0, 0.1) is 0 Å². The van der Waals surface area contributed by atoms with Gasteiger partial charge in [0.1, 0.15) is 0 Å². The molecule has 0 N–H and O–H groups in total. The fourth-order valence-corrected chi connectivity index (χ4v) is 4.92. The molecule has 7 heteroatoms. The maximum Gasteiger partial charge on any atom is 0.242 e. The molecule has 2 aromatic carbocycles. The second kappa shape index (κ2) is 8.80. The first kappa shape index (κ1) is 22.0. The summed E-state index contributed by atoms with van der Waals surface area (Å²) < 4.78 is 26.4. The van der Waals surface area contributed by atoms with E-state index in [0.29, 0.717) is 4.90 Å². The van der Waals surface area contributed by atoms with Gasteiger partial charge in [-0.1, -0.05) is 36.0 Å². The zero-order valence-electron chi connectivity index (χ0n) is 16.0. The molecule has 27 heavy (non-hydrogen) atoms. The van der Waals surface area contributed by atoms with Gasteiger partial charge in [-0.3, -0.25) is 0 Å². The second-order valence-corrected chi connectivity index (χ2v) is 9.99. The van der Waals surface area contributed by atoms with Crippen molar-refractivity contribution in [3.8, 4) is 0 Å². The van der Waals surface area contributed by atoms with Crippen LogP contribution in [0.15, 0.2) is 63.2 Å². The van der Waals surface area contributed by atoms with Crippen LogP contribution in [0.4, 0.5) is 0 Å². The molecule has 0 unspecified atom stereocenters. The molecule has 4 nitrogen and oxygen atoms in total. The van der Waals surface area contributed by atoms with Crippen LogP contribution in [-0.4, -0.2) is 52.4 Å². The first-order valence-electron chi connectivity index (χ1n) is 8.50. The van der Waals surface area contributed by atoms with Gasteiger partial charge in [-0.05, 0) is 61.5 Å². The molecule has 0 fully saturated rings. The van der Waals surface area contributed by atoms with E-state index in [1.54, 1.807) is 31.9 Å². The molecular weight excluding hydrogens is 400 g/mol. The van der Waals surface area contributed by atoms with Gasteiger partial charge in [0.25, 0.3) is 0 Å². The molecule has 0 bridgehead atoms. The van der Waals surface area contributed by atoms with Gasteiger partial charge in [-0.2, -0.15) is 0 Å². The highest BCUT2D eigenvalue weighted by Crippen LogP contribution is 2.46. The highest BCUT2D eigenvalue weighted by Gasteiger charge is 2.24. The van der Waals surface area contributed by atoms with Crippen molar-refractivity contribution in [1.82, 2.24) is 9.21 Å². The van der Waals surface area contributed by atoms with E-state index in [0.717, 1.165) is 29.0 Å². The van der Waals surface area contributed by atoms with E-state index in [-0.39, 0.29) is 12.4 Å². The Bertz CT molecular complexity index is 954. The quantitative estimate of drug-likeness (QED) is 0.615. The first-order valence-corrected chi connectivity index (χ1v) is 10.8. The molecule has 0 atom stereocenters. The molecule has 1 heterocycles. The van der Waals surface area contributed by atoms with Gasteiger partial charge in [0.15, 0.2) is 0 Å². The number of sulfonamides is 1. The summed E-state index contributed by atoms with van der Waals surface area (Å²) in [5, 5.41) is 0. The average Bonchev–Trinajstić information content (AvgIpc) is 2.60. The fraction of sp³-hybridized carbons (Fsp3) is 0.300. The maximum atomic E-state index is 12.6. The van der Waals surface area contributed by atoms with Crippen molar-refractivity contribution < 1.29 is 8.42 Å². The van der Waals surface area contributed by atoms with Crippen molar-refractivity contribution in [2.24, 2.45) is 0 Å². The first-order chi connectivity index (χ1) is 12.3. The number of nitrogens with zero attached hydrogens (tertiary/aromatic N) is 2. The third kappa shape index (κ3) is 4.58. The Morgan fingerprint density at radius 1 is 0.963 bits per heavy atom. The van der Waals surface area contributed by atoms with E-state index in [4.69, 9.17) is 0 Å². The van der Waals surface area contributed by atoms with E-state index >= 15 is 0 Å². The van der Waals surface area contributed by atoms with Gasteiger partial charge in [-0.25, -0.2) is 12.7 Å². The van der Waals surface area contributed by atoms with Gasteiger partial charge >= 0.3 is 0 Å². The number of fused-ring (bicyclic) bond motifs is 2. The van der Waals surface area contributed by atoms with Crippen LogP contribution in [0.3, 0.4) is 0 Å². The molecule has 0 saturated heterocycles. The normalized spacial score (nSPS) is 14.8. The van der Waals surface area contributed by atoms with Crippen LogP contribution in [0.2, 0.25) is 0 Å². The molecular formula is C20H25ClN2O2S2. The fourth-order valence-electron chi connectivity index (χ4n) is 2.91. The zero-order chi connectivity index (χ0) is 18.9. The third-order valence-electron chi connectivity index (χ3n) is 4.34. The number of halogens is 1. The summed E-state index contributed by atoms with van der Waals surface area (Å²) in [7, 11) is 3.78. The zero-order valence-corrected chi connectivity index (χ0v) is 18.4. The van der Waals surface area contributed by atoms with Gasteiger partial charge in [0.05, 0.1) is 4.90 Å². The van der Waals surface area contributed by atoms with Crippen molar-refractivity contribution >= 4 is 39.8 Å². The molecule has 0 spiro atoms. The van der Waals surface area contributed by atoms with Crippen LogP contribution in [0.5, 0.6) is 0 Å². The lowest BCUT2D eigenvalue weighted by atomic mass is 9.96. The molecule has 1 aliphatic rings. The van der Waals surface area contributed by atoms with Crippen LogP contribution in [0.1, 0.15) is 17.5 Å². The Hall–Kier alpha value is -1.31. The van der Waals surface area contributed by atoms with Crippen molar-refractivity contribution in [2.45, 2.75) is 21.1 Å². The highest BCUT2D eigenvalue weighted by atomic mass is 35.5. The summed E-state index contributed by atoms with van der Waals surface area (Å²) in [4.78, 5) is 4.78. The van der Waals surface area contributed by atoms with Crippen molar-refractivity contribution in [2.75, 3.05) is 34.7 Å². The standard InChI is InChI=1S/C20H24N2O2S2.ClH/c1-21(2)13-7-9-16-17-8-5-6-10-19(17)25-20-12-11-15(14-18(16)20)26(23,24)22(3)4;/h5-6,8-12,14H,7,13H2,1-4H3;1H/b16-9+;. The SMILES string of the molecule is CN(C)CC/C=C1\c2ccccc2Sc2ccc(S(=O)(=O)N(C)C)cc21.Cl. The molecule has 0 saturated carbocycles. The van der Waals surface area contributed by atoms with Gasteiger partial charge in [-0.15, -0.1) is 12.4 Å². The van der Waals surface area contributed by atoms with E-state index in [9.17, 15) is 8.42 Å². The van der Waals surface area contributed by atoms with E-state index in [2.05, 4.69) is 37.2 Å². The van der Waals surface area contributed by atoms with Crippen LogP contribution >= 0.6 is 24.2 Å². The highest BCUT2D eigenvalue weighted by molar-refractivity contribution is 7.99. The molecule has 0 aliphatic carbocycles. The molecule has 0 radical (unpaired) electrons. The molecule has 1 aliphatic heterocycles. The summed E-state index contributed by atoms with van der Waals surface area (Å²) in [6, 6.07) is 13.7. The van der Waals surface area contributed by atoms with E-state index < -0.39 is 10.0 Å². The summed E-state index contributed by atoms with van der Waals surface area (Å²) in [5.74, 6) is 0. The summed E-state index contributed by atoms with van der Waals surface area (Å²) in [6.45, 7) is 0.948. The third-order valence-corrected chi connectivity index (χ3v) is 7.30. The monoisotopic (exact) mass is 424 g/mol. The average molecular weight is 425 g/mol. The molecule has 0 aromatic heterocycles. The predicted octanol–water partition coefficient (Wildman–Crippen LogP) is 4.21. The number of benzene rings is 2. The molecule has 2 aromatic rings.